The SMILES string of the molecule is CC(=O)OCC1O[C@H](Sc2cncc(Br)c2)C(OC(C)=O)C(n2cc(-c3ccc(F)c(C)c3)nn2)[C@H]1OC(C)=O. The average molecular weight is 637 g/mol. The maximum Gasteiger partial charge on any atom is 0.303 e. The third-order valence-electron chi connectivity index (χ3n) is 5.87. The highest BCUT2D eigenvalue weighted by molar-refractivity contribution is 9.10. The van der Waals surface area contributed by atoms with Gasteiger partial charge in [-0.15, -0.1) is 5.10 Å². The molecule has 0 aliphatic carbocycles. The summed E-state index contributed by atoms with van der Waals surface area (Å²) in [5.74, 6) is -2.16. The Hall–Kier alpha value is -3.36. The summed E-state index contributed by atoms with van der Waals surface area (Å²) >= 11 is 4.61. The number of thioether (sulfide) groups is 1. The van der Waals surface area contributed by atoms with Crippen molar-refractivity contribution in [3.8, 4) is 11.3 Å². The third-order valence-corrected chi connectivity index (χ3v) is 7.41. The fourth-order valence-corrected chi connectivity index (χ4v) is 5.88. The molecule has 1 fully saturated rings. The topological polar surface area (TPSA) is 132 Å². The average Bonchev–Trinajstić information content (AvgIpc) is 3.35. The molecule has 1 aliphatic heterocycles. The van der Waals surface area contributed by atoms with E-state index in [0.717, 1.165) is 4.47 Å². The van der Waals surface area contributed by atoms with E-state index in [1.165, 1.54) is 43.3 Å². The normalized spacial score (nSPS) is 22.4. The summed E-state index contributed by atoms with van der Waals surface area (Å²) in [6.45, 7) is 5.11. The number of hydrogen-bond acceptors (Lipinski definition) is 11. The lowest BCUT2D eigenvalue weighted by Crippen LogP contribution is -2.57. The van der Waals surface area contributed by atoms with E-state index in [1.54, 1.807) is 37.6 Å². The summed E-state index contributed by atoms with van der Waals surface area (Å²) in [6, 6.07) is 5.39. The lowest BCUT2D eigenvalue weighted by molar-refractivity contribution is -0.212. The molecule has 1 saturated heterocycles. The van der Waals surface area contributed by atoms with Crippen LogP contribution >= 0.6 is 27.7 Å². The summed E-state index contributed by atoms with van der Waals surface area (Å²) < 4.78 is 38.9. The number of nitrogens with zero attached hydrogens (tertiary/aromatic N) is 4. The molecule has 11 nitrogen and oxygen atoms in total. The fraction of sp³-hybridized carbons (Fsp3) is 0.385. The van der Waals surface area contributed by atoms with Crippen molar-refractivity contribution in [2.24, 2.45) is 0 Å². The molecule has 3 aromatic rings. The number of aromatic nitrogens is 4. The van der Waals surface area contributed by atoms with Gasteiger partial charge in [0.15, 0.2) is 12.2 Å². The number of pyridine rings is 1. The van der Waals surface area contributed by atoms with Crippen molar-refractivity contribution in [3.63, 3.8) is 0 Å². The smallest absolute Gasteiger partial charge is 0.303 e. The van der Waals surface area contributed by atoms with Gasteiger partial charge in [0.05, 0.1) is 6.20 Å². The Morgan fingerprint density at radius 1 is 1.07 bits per heavy atom. The van der Waals surface area contributed by atoms with Gasteiger partial charge >= 0.3 is 17.9 Å². The monoisotopic (exact) mass is 636 g/mol. The highest BCUT2D eigenvalue weighted by atomic mass is 79.9. The number of esters is 3. The minimum absolute atomic E-state index is 0.247. The van der Waals surface area contributed by atoms with Gasteiger partial charge < -0.3 is 18.9 Å². The summed E-state index contributed by atoms with van der Waals surface area (Å²) in [5, 5.41) is 8.51. The van der Waals surface area contributed by atoms with Crippen molar-refractivity contribution in [2.45, 2.75) is 62.4 Å². The Morgan fingerprint density at radius 3 is 2.45 bits per heavy atom. The molecule has 212 valence electrons. The van der Waals surface area contributed by atoms with Crippen LogP contribution in [0.4, 0.5) is 4.39 Å². The Morgan fingerprint density at radius 2 is 1.80 bits per heavy atom. The number of hydrogen-bond donors (Lipinski definition) is 0. The van der Waals surface area contributed by atoms with Crippen LogP contribution in [0.15, 0.2) is 52.2 Å². The summed E-state index contributed by atoms with van der Waals surface area (Å²) in [7, 11) is 0. The first-order valence-electron chi connectivity index (χ1n) is 12.1. The van der Waals surface area contributed by atoms with Gasteiger partial charge in [-0.25, -0.2) is 9.07 Å². The van der Waals surface area contributed by atoms with Crippen molar-refractivity contribution in [3.05, 3.63) is 58.7 Å². The van der Waals surface area contributed by atoms with Crippen molar-refractivity contribution < 1.29 is 37.7 Å². The van der Waals surface area contributed by atoms with Crippen LogP contribution in [-0.4, -0.2) is 68.2 Å². The Labute approximate surface area is 241 Å². The van der Waals surface area contributed by atoms with Crippen LogP contribution in [0, 0.1) is 12.7 Å². The molecule has 0 saturated carbocycles. The largest absolute Gasteiger partial charge is 0.463 e. The molecule has 3 unspecified atom stereocenters. The van der Waals surface area contributed by atoms with Crippen molar-refractivity contribution in [1.82, 2.24) is 20.0 Å². The second-order valence-corrected chi connectivity index (χ2v) is 11.1. The van der Waals surface area contributed by atoms with Crippen LogP contribution in [0.5, 0.6) is 0 Å². The molecule has 0 N–H and O–H groups in total. The maximum absolute atomic E-state index is 13.9. The van der Waals surface area contributed by atoms with Crippen molar-refractivity contribution in [1.29, 1.82) is 0 Å². The van der Waals surface area contributed by atoms with Crippen LogP contribution < -0.4 is 0 Å². The molecule has 0 bridgehead atoms. The zero-order valence-corrected chi connectivity index (χ0v) is 24.3. The van der Waals surface area contributed by atoms with E-state index < -0.39 is 47.7 Å². The molecule has 2 aromatic heterocycles. The predicted molar refractivity (Wildman–Crippen MR) is 143 cm³/mol. The first-order chi connectivity index (χ1) is 19.0. The van der Waals surface area contributed by atoms with Gasteiger partial charge in [0.25, 0.3) is 0 Å². The molecular weight excluding hydrogens is 611 g/mol. The second kappa shape index (κ2) is 12.9. The van der Waals surface area contributed by atoms with Gasteiger partial charge in [0, 0.05) is 48.1 Å². The number of ether oxygens (including phenoxy) is 4. The zero-order chi connectivity index (χ0) is 29.0. The quantitative estimate of drug-likeness (QED) is 0.262. The Bertz CT molecular complexity index is 1410. The molecule has 14 heteroatoms. The Kier molecular flexibility index (Phi) is 9.53. The first-order valence-corrected chi connectivity index (χ1v) is 13.8. The predicted octanol–water partition coefficient (Wildman–Crippen LogP) is 4.03. The number of halogens is 2. The van der Waals surface area contributed by atoms with Crippen molar-refractivity contribution in [2.75, 3.05) is 6.61 Å². The zero-order valence-electron chi connectivity index (χ0n) is 21.9. The standard InChI is InChI=1S/C26H26BrFN4O7S/c1-13-7-17(5-6-20(13)28)21-11-32(31-30-21)23-24(37-15(3)34)22(12-36-14(2)33)39-26(25(23)38-16(4)35)40-19-8-18(27)9-29-10-19/h5-11,22-26H,12H2,1-4H3/t22?,23?,24-,25?,26+/m0/s1. The van der Waals surface area contributed by atoms with E-state index in [-0.39, 0.29) is 12.4 Å². The van der Waals surface area contributed by atoms with Gasteiger partial charge in [0.2, 0.25) is 0 Å². The molecule has 5 atom stereocenters. The van der Waals surface area contributed by atoms with Crippen LogP contribution in [0.1, 0.15) is 32.4 Å². The molecular formula is C26H26BrFN4O7S. The summed E-state index contributed by atoms with van der Waals surface area (Å²) in [6.07, 6.45) is 1.73. The van der Waals surface area contributed by atoms with Crippen LogP contribution in [-0.2, 0) is 33.3 Å². The molecule has 4 rings (SSSR count). The van der Waals surface area contributed by atoms with E-state index in [1.807, 2.05) is 6.07 Å². The van der Waals surface area contributed by atoms with Gasteiger partial charge in [0.1, 0.15) is 35.7 Å². The highest BCUT2D eigenvalue weighted by Crippen LogP contribution is 2.41. The highest BCUT2D eigenvalue weighted by Gasteiger charge is 2.52. The lowest BCUT2D eigenvalue weighted by atomic mass is 9.96. The molecule has 0 amide bonds. The minimum Gasteiger partial charge on any atom is -0.463 e. The molecule has 0 radical (unpaired) electrons. The number of aryl methyl sites for hydroxylation is 1. The molecule has 0 spiro atoms. The van der Waals surface area contributed by atoms with Crippen LogP contribution in [0.2, 0.25) is 0 Å². The maximum atomic E-state index is 13.9. The van der Waals surface area contributed by atoms with Gasteiger partial charge in [-0.1, -0.05) is 17.0 Å². The van der Waals surface area contributed by atoms with Crippen LogP contribution in [0.3, 0.4) is 0 Å². The molecule has 1 aromatic carbocycles. The van der Waals surface area contributed by atoms with E-state index in [4.69, 9.17) is 18.9 Å². The van der Waals surface area contributed by atoms with E-state index in [9.17, 15) is 18.8 Å². The molecule has 3 heterocycles. The number of carbonyl (C=O) groups excluding carboxylic acids is 3. The number of carbonyl (C=O) groups is 3. The van der Waals surface area contributed by atoms with Crippen LogP contribution in [0.25, 0.3) is 11.3 Å². The minimum atomic E-state index is -1.09. The van der Waals surface area contributed by atoms with Gasteiger partial charge in [-0.3, -0.25) is 19.4 Å². The first kappa shape index (κ1) is 29.6. The second-order valence-electron chi connectivity index (χ2n) is 8.99. The summed E-state index contributed by atoms with van der Waals surface area (Å²) in [5.41, 5.74) is 0.579. The number of rotatable bonds is 8. The van der Waals surface area contributed by atoms with Gasteiger partial charge in [-0.05, 0) is 52.7 Å². The van der Waals surface area contributed by atoms with Crippen molar-refractivity contribution >= 4 is 45.6 Å². The van der Waals surface area contributed by atoms with E-state index in [0.29, 0.717) is 21.7 Å². The third kappa shape index (κ3) is 7.23. The Balaban J connectivity index is 1.80. The van der Waals surface area contributed by atoms with Gasteiger partial charge in [-0.2, -0.15) is 0 Å². The molecule has 40 heavy (non-hydrogen) atoms. The molecule has 1 aliphatic rings. The fourth-order valence-electron chi connectivity index (χ4n) is 4.23. The van der Waals surface area contributed by atoms with E-state index >= 15 is 0 Å². The summed E-state index contributed by atoms with van der Waals surface area (Å²) in [4.78, 5) is 41.0. The number of benzene rings is 1. The van der Waals surface area contributed by atoms with E-state index in [2.05, 4.69) is 31.2 Å². The lowest BCUT2D eigenvalue weighted by Gasteiger charge is -2.44.